The predicted octanol–water partition coefficient (Wildman–Crippen LogP) is 19.4. The fraction of sp³-hybridized carbons (Fsp3) is 0.905. The minimum atomic E-state index is -0.679. The van der Waals surface area contributed by atoms with E-state index in [1.807, 2.05) is 0 Å². The Kier molecular flexibility index (Phi) is 57.5. The van der Waals surface area contributed by atoms with Gasteiger partial charge in [-0.3, -0.25) is 9.59 Å². The van der Waals surface area contributed by atoms with Crippen LogP contribution < -0.4 is 5.32 Å². The molecule has 2 unspecified atom stereocenters. The minimum Gasteiger partial charge on any atom is -0.466 e. The van der Waals surface area contributed by atoms with Crippen molar-refractivity contribution in [3.8, 4) is 0 Å². The molecule has 69 heavy (non-hydrogen) atoms. The Hall–Kier alpha value is -1.66. The summed E-state index contributed by atoms with van der Waals surface area (Å²) in [6, 6.07) is -0.559. The molecule has 3 N–H and O–H groups in total. The van der Waals surface area contributed by atoms with Crippen molar-refractivity contribution in [3.63, 3.8) is 0 Å². The van der Waals surface area contributed by atoms with Crippen molar-refractivity contribution in [2.24, 2.45) is 0 Å². The minimum absolute atomic E-state index is 0.0169. The molecular formula is C63H121NO5. The van der Waals surface area contributed by atoms with E-state index < -0.39 is 12.1 Å². The molecule has 0 aliphatic heterocycles. The van der Waals surface area contributed by atoms with E-state index in [-0.39, 0.29) is 18.5 Å². The number of ether oxygens (including phenoxy) is 1. The molecule has 0 radical (unpaired) electrons. The first kappa shape index (κ1) is 67.3. The molecule has 0 aliphatic carbocycles. The van der Waals surface area contributed by atoms with Crippen molar-refractivity contribution in [1.29, 1.82) is 0 Å². The second kappa shape index (κ2) is 58.9. The summed E-state index contributed by atoms with van der Waals surface area (Å²) in [5.41, 5.74) is 0. The number of rotatable bonds is 58. The summed E-state index contributed by atoms with van der Waals surface area (Å²) in [6.07, 6.45) is 71.8. The van der Waals surface area contributed by atoms with E-state index in [0.29, 0.717) is 25.9 Å². The number of unbranched alkanes of at least 4 members (excludes halogenated alkanes) is 44. The Labute approximate surface area is 431 Å². The molecule has 0 aromatic carbocycles. The van der Waals surface area contributed by atoms with Gasteiger partial charge >= 0.3 is 5.97 Å². The molecule has 0 aromatic rings. The second-order valence-corrected chi connectivity index (χ2v) is 21.4. The SMILES string of the molecule is CCCCCCCCCCCCCCCCCCCCCCC(O)C(CO)NC(=O)CCCCCCCC/C=C\C=C/CCCCCOC(=O)CCCCCCCCCCCCCCCCCCC. The van der Waals surface area contributed by atoms with Gasteiger partial charge in [0.15, 0.2) is 0 Å². The number of hydrogen-bond acceptors (Lipinski definition) is 5. The quantitative estimate of drug-likeness (QED) is 0.0321. The maximum atomic E-state index is 12.5. The van der Waals surface area contributed by atoms with Crippen LogP contribution in [0, 0.1) is 0 Å². The summed E-state index contributed by atoms with van der Waals surface area (Å²) < 4.78 is 5.46. The van der Waals surface area contributed by atoms with Crippen LogP contribution in [0.5, 0.6) is 0 Å². The first-order valence-corrected chi connectivity index (χ1v) is 31.1. The highest BCUT2D eigenvalue weighted by Crippen LogP contribution is 2.18. The number of aliphatic hydroxyl groups excluding tert-OH is 2. The van der Waals surface area contributed by atoms with E-state index in [1.54, 1.807) is 0 Å². The van der Waals surface area contributed by atoms with Crippen molar-refractivity contribution in [3.05, 3.63) is 24.3 Å². The number of aliphatic hydroxyl groups is 2. The maximum absolute atomic E-state index is 12.5. The van der Waals surface area contributed by atoms with Crippen LogP contribution >= 0.6 is 0 Å². The van der Waals surface area contributed by atoms with Crippen LogP contribution in [-0.2, 0) is 14.3 Å². The van der Waals surface area contributed by atoms with Crippen LogP contribution in [-0.4, -0.2) is 47.4 Å². The molecule has 0 heterocycles. The zero-order valence-electron chi connectivity index (χ0n) is 46.6. The van der Waals surface area contributed by atoms with Crippen LogP contribution in [0.2, 0.25) is 0 Å². The Morgan fingerprint density at radius 3 is 1.07 bits per heavy atom. The third-order valence-corrected chi connectivity index (χ3v) is 14.5. The lowest BCUT2D eigenvalue weighted by Crippen LogP contribution is -2.45. The lowest BCUT2D eigenvalue weighted by atomic mass is 10.0. The Morgan fingerprint density at radius 2 is 0.710 bits per heavy atom. The summed E-state index contributed by atoms with van der Waals surface area (Å²) in [5.74, 6) is -0.0711. The Bertz CT molecular complexity index is 1080. The van der Waals surface area contributed by atoms with Crippen molar-refractivity contribution in [2.45, 2.75) is 353 Å². The molecule has 408 valence electrons. The average Bonchev–Trinajstić information content (AvgIpc) is 3.35. The van der Waals surface area contributed by atoms with Gasteiger partial charge in [-0.1, -0.05) is 295 Å². The van der Waals surface area contributed by atoms with Gasteiger partial charge < -0.3 is 20.3 Å². The van der Waals surface area contributed by atoms with Crippen LogP contribution in [0.4, 0.5) is 0 Å². The van der Waals surface area contributed by atoms with Crippen LogP contribution in [0.1, 0.15) is 341 Å². The number of amides is 1. The number of carbonyl (C=O) groups excluding carboxylic acids is 2. The van der Waals surface area contributed by atoms with Gasteiger partial charge in [-0.05, 0) is 57.8 Å². The van der Waals surface area contributed by atoms with Gasteiger partial charge in [0, 0.05) is 12.8 Å². The molecule has 0 rings (SSSR count). The van der Waals surface area contributed by atoms with Crippen molar-refractivity contribution in [2.75, 3.05) is 13.2 Å². The summed E-state index contributed by atoms with van der Waals surface area (Å²) in [4.78, 5) is 24.6. The van der Waals surface area contributed by atoms with Gasteiger partial charge in [-0.25, -0.2) is 0 Å². The maximum Gasteiger partial charge on any atom is 0.305 e. The fourth-order valence-electron chi connectivity index (χ4n) is 9.75. The molecule has 1 amide bonds. The number of nitrogens with one attached hydrogen (secondary N) is 1. The lowest BCUT2D eigenvalue weighted by molar-refractivity contribution is -0.143. The topological polar surface area (TPSA) is 95.9 Å². The van der Waals surface area contributed by atoms with E-state index in [1.165, 1.54) is 231 Å². The summed E-state index contributed by atoms with van der Waals surface area (Å²) in [6.45, 7) is 4.93. The number of carbonyl (C=O) groups is 2. The molecule has 6 nitrogen and oxygen atoms in total. The average molecular weight is 973 g/mol. The largest absolute Gasteiger partial charge is 0.466 e. The molecule has 0 bridgehead atoms. The number of esters is 1. The number of hydrogen-bond donors (Lipinski definition) is 3. The van der Waals surface area contributed by atoms with Gasteiger partial charge in [0.05, 0.1) is 25.4 Å². The van der Waals surface area contributed by atoms with Gasteiger partial charge in [0.25, 0.3) is 0 Å². The molecule has 0 saturated heterocycles. The summed E-state index contributed by atoms with van der Waals surface area (Å²) >= 11 is 0. The first-order valence-electron chi connectivity index (χ1n) is 31.1. The standard InChI is InChI=1S/C63H121NO5/c1-3-5-7-9-11-13-15-17-19-21-22-23-25-27-31-35-39-43-47-51-55-61(66)60(59-65)64-62(67)56-52-48-44-40-36-32-28-26-30-34-38-42-46-50-54-58-69-63(68)57-53-49-45-41-37-33-29-24-20-18-16-14-12-10-8-6-4-2/h26,30,34,38,60-61,65-66H,3-25,27-29,31-33,35-37,39-59H2,1-2H3,(H,64,67)/b30-26-,38-34-. The predicted molar refractivity (Wildman–Crippen MR) is 301 cm³/mol. The number of allylic oxidation sites excluding steroid dienone is 4. The van der Waals surface area contributed by atoms with Crippen molar-refractivity contribution >= 4 is 11.9 Å². The zero-order valence-corrected chi connectivity index (χ0v) is 46.6. The second-order valence-electron chi connectivity index (χ2n) is 21.4. The third-order valence-electron chi connectivity index (χ3n) is 14.5. The normalized spacial score (nSPS) is 12.7. The fourth-order valence-corrected chi connectivity index (χ4v) is 9.75. The van der Waals surface area contributed by atoms with E-state index in [0.717, 1.165) is 77.0 Å². The van der Waals surface area contributed by atoms with Crippen LogP contribution in [0.25, 0.3) is 0 Å². The Balaban J connectivity index is 3.49. The van der Waals surface area contributed by atoms with Gasteiger partial charge in [0.2, 0.25) is 5.91 Å². The van der Waals surface area contributed by atoms with E-state index in [2.05, 4.69) is 43.5 Å². The van der Waals surface area contributed by atoms with Crippen LogP contribution in [0.3, 0.4) is 0 Å². The highest BCUT2D eigenvalue weighted by molar-refractivity contribution is 5.76. The van der Waals surface area contributed by atoms with Gasteiger partial charge in [-0.2, -0.15) is 0 Å². The smallest absolute Gasteiger partial charge is 0.305 e. The first-order chi connectivity index (χ1) is 34.0. The molecule has 0 spiro atoms. The molecule has 0 fully saturated rings. The van der Waals surface area contributed by atoms with Gasteiger partial charge in [0.1, 0.15) is 0 Å². The Morgan fingerprint density at radius 1 is 0.406 bits per heavy atom. The van der Waals surface area contributed by atoms with Crippen LogP contribution in [0.15, 0.2) is 24.3 Å². The van der Waals surface area contributed by atoms with E-state index in [4.69, 9.17) is 4.74 Å². The zero-order chi connectivity index (χ0) is 50.0. The van der Waals surface area contributed by atoms with Crippen molar-refractivity contribution < 1.29 is 24.5 Å². The molecule has 0 aliphatic rings. The molecule has 6 heteroatoms. The molecule has 2 atom stereocenters. The van der Waals surface area contributed by atoms with E-state index in [9.17, 15) is 19.8 Å². The summed E-state index contributed by atoms with van der Waals surface area (Å²) in [7, 11) is 0. The third kappa shape index (κ3) is 55.5. The molecule has 0 saturated carbocycles. The summed E-state index contributed by atoms with van der Waals surface area (Å²) in [5, 5.41) is 23.3. The van der Waals surface area contributed by atoms with Gasteiger partial charge in [-0.15, -0.1) is 0 Å². The highest BCUT2D eigenvalue weighted by Gasteiger charge is 2.20. The molecular weight excluding hydrogens is 851 g/mol. The highest BCUT2D eigenvalue weighted by atomic mass is 16.5. The van der Waals surface area contributed by atoms with E-state index >= 15 is 0 Å². The monoisotopic (exact) mass is 972 g/mol. The van der Waals surface area contributed by atoms with Crippen molar-refractivity contribution in [1.82, 2.24) is 5.32 Å². The lowest BCUT2D eigenvalue weighted by Gasteiger charge is -2.22. The molecule has 0 aromatic heterocycles.